The van der Waals surface area contributed by atoms with Crippen molar-refractivity contribution in [1.29, 1.82) is 0 Å². The third-order valence-corrected chi connectivity index (χ3v) is 6.91. The second kappa shape index (κ2) is 11.6. The fourth-order valence-corrected chi connectivity index (χ4v) is 4.52. The van der Waals surface area contributed by atoms with Crippen molar-refractivity contribution in [3.8, 4) is 0 Å². The van der Waals surface area contributed by atoms with Gasteiger partial charge in [0.05, 0.1) is 17.7 Å². The number of ketones is 1. The zero-order valence-electron chi connectivity index (χ0n) is 20.9. The van der Waals surface area contributed by atoms with Crippen molar-refractivity contribution < 1.29 is 28.7 Å². The predicted octanol–water partition coefficient (Wildman–Crippen LogP) is 4.21. The van der Waals surface area contributed by atoms with Crippen LogP contribution in [0.15, 0.2) is 95.5 Å². The molecule has 200 valence electrons. The Kier molecular flexibility index (Phi) is 7.81. The summed E-state index contributed by atoms with van der Waals surface area (Å²) in [5, 5.41) is 1.89. The van der Waals surface area contributed by atoms with Gasteiger partial charge in [0.2, 0.25) is 5.91 Å². The molecule has 1 unspecified atom stereocenters. The van der Waals surface area contributed by atoms with Crippen LogP contribution in [0.1, 0.15) is 37.5 Å². The highest BCUT2D eigenvalue weighted by Gasteiger charge is 2.39. The molecular weight excluding hydrogens is 578 g/mol. The fourth-order valence-electron chi connectivity index (χ4n) is 4.25. The lowest BCUT2D eigenvalue weighted by atomic mass is 10.1. The molecule has 0 bridgehead atoms. The second-order valence-corrected chi connectivity index (χ2v) is 9.95. The third-order valence-electron chi connectivity index (χ3n) is 6.38. The van der Waals surface area contributed by atoms with Gasteiger partial charge in [-0.3, -0.25) is 24.6 Å². The number of carbonyl (C=O) groups excluding carboxylic acids is 5. The summed E-state index contributed by atoms with van der Waals surface area (Å²) < 4.78 is 5.94. The molecule has 0 radical (unpaired) electrons. The van der Waals surface area contributed by atoms with Gasteiger partial charge in [-0.15, -0.1) is 0 Å². The number of ether oxygens (including phenoxy) is 1. The number of amides is 3. The number of hydrogen-bond donors (Lipinski definition) is 2. The van der Waals surface area contributed by atoms with Crippen molar-refractivity contribution in [2.45, 2.75) is 12.5 Å². The molecule has 4 aromatic carbocycles. The Morgan fingerprint density at radius 2 is 1.48 bits per heavy atom. The Bertz CT molecular complexity index is 1640. The Hall–Kier alpha value is -4.67. The van der Waals surface area contributed by atoms with Gasteiger partial charge < -0.3 is 4.74 Å². The molecule has 1 fully saturated rings. The number of halogens is 1. The smallest absolute Gasteiger partial charge is 0.338 e. The highest BCUT2D eigenvalue weighted by molar-refractivity contribution is 9.10. The number of esters is 1. The summed E-state index contributed by atoms with van der Waals surface area (Å²) in [5.41, 5.74) is 6.41. The minimum atomic E-state index is -0.953. The van der Waals surface area contributed by atoms with E-state index in [2.05, 4.69) is 26.8 Å². The number of benzene rings is 4. The van der Waals surface area contributed by atoms with Gasteiger partial charge in [-0.05, 0) is 59.3 Å². The molecule has 4 aromatic rings. The first kappa shape index (κ1) is 26.9. The minimum Gasteiger partial charge on any atom is -0.454 e. The van der Waals surface area contributed by atoms with Crippen molar-refractivity contribution in [3.05, 3.63) is 112 Å². The van der Waals surface area contributed by atoms with E-state index in [-0.39, 0.29) is 23.5 Å². The molecule has 1 saturated heterocycles. The van der Waals surface area contributed by atoms with Crippen molar-refractivity contribution in [2.75, 3.05) is 11.5 Å². The van der Waals surface area contributed by atoms with E-state index in [0.29, 0.717) is 11.1 Å². The van der Waals surface area contributed by atoms with Crippen LogP contribution in [0.3, 0.4) is 0 Å². The maximum absolute atomic E-state index is 13.0. The SMILES string of the molecule is O=C(COC(=O)c1ccc(N2C(=O)CC(NNC(=O)c3ccc4ccccc4c3)C2=O)cc1)c1ccc(Br)cc1. The number of imide groups is 1. The first-order valence-corrected chi connectivity index (χ1v) is 13.1. The molecule has 10 heteroatoms. The quantitative estimate of drug-likeness (QED) is 0.135. The Morgan fingerprint density at radius 1 is 0.825 bits per heavy atom. The topological polar surface area (TPSA) is 122 Å². The zero-order valence-corrected chi connectivity index (χ0v) is 22.5. The summed E-state index contributed by atoms with van der Waals surface area (Å²) in [6, 6.07) is 24.3. The Balaban J connectivity index is 1.17. The van der Waals surface area contributed by atoms with Crippen molar-refractivity contribution in [3.63, 3.8) is 0 Å². The van der Waals surface area contributed by atoms with E-state index in [9.17, 15) is 24.0 Å². The lowest BCUT2D eigenvalue weighted by Crippen LogP contribution is -2.48. The van der Waals surface area contributed by atoms with Crippen LogP contribution in [0.4, 0.5) is 5.69 Å². The summed E-state index contributed by atoms with van der Waals surface area (Å²) in [6.07, 6.45) is -0.154. The summed E-state index contributed by atoms with van der Waals surface area (Å²) in [4.78, 5) is 63.8. The standard InChI is InChI=1S/C30H22BrN3O6/c31-23-11-7-19(8-12-23)26(35)17-40-30(39)20-9-13-24(14-10-20)34-27(36)16-25(29(34)38)32-33-28(37)22-6-5-18-3-1-2-4-21(18)15-22/h1-15,25,32H,16-17H2,(H,33,37). The summed E-state index contributed by atoms with van der Waals surface area (Å²) >= 11 is 3.29. The van der Waals surface area contributed by atoms with Crippen LogP contribution in [-0.4, -0.2) is 42.1 Å². The normalized spacial score (nSPS) is 14.8. The third kappa shape index (κ3) is 5.83. The van der Waals surface area contributed by atoms with E-state index in [1.807, 2.05) is 30.3 Å². The first-order chi connectivity index (χ1) is 19.3. The number of anilines is 1. The van der Waals surface area contributed by atoms with Gasteiger partial charge >= 0.3 is 5.97 Å². The van der Waals surface area contributed by atoms with Gasteiger partial charge in [0.15, 0.2) is 12.4 Å². The molecule has 3 amide bonds. The monoisotopic (exact) mass is 599 g/mol. The number of fused-ring (bicyclic) bond motifs is 1. The zero-order chi connectivity index (χ0) is 28.2. The lowest BCUT2D eigenvalue weighted by Gasteiger charge is -2.16. The molecule has 2 N–H and O–H groups in total. The van der Waals surface area contributed by atoms with E-state index in [0.717, 1.165) is 20.1 Å². The van der Waals surface area contributed by atoms with Crippen LogP contribution in [0.2, 0.25) is 0 Å². The fraction of sp³-hybridized carbons (Fsp3) is 0.100. The number of hydrogen-bond acceptors (Lipinski definition) is 7. The molecule has 1 aliphatic rings. The van der Waals surface area contributed by atoms with Gasteiger partial charge in [0.25, 0.3) is 11.8 Å². The molecule has 40 heavy (non-hydrogen) atoms. The maximum atomic E-state index is 13.0. The minimum absolute atomic E-state index is 0.154. The van der Waals surface area contributed by atoms with E-state index in [1.165, 1.54) is 24.3 Å². The number of Topliss-reactive ketones (excluding diaryl/α,β-unsaturated/α-hetero) is 1. The van der Waals surface area contributed by atoms with Crippen LogP contribution in [0, 0.1) is 0 Å². The Morgan fingerprint density at radius 3 is 2.20 bits per heavy atom. The highest BCUT2D eigenvalue weighted by atomic mass is 79.9. The van der Waals surface area contributed by atoms with Gasteiger partial charge in [-0.25, -0.2) is 15.1 Å². The van der Waals surface area contributed by atoms with Crippen molar-refractivity contribution in [1.82, 2.24) is 10.9 Å². The molecule has 0 saturated carbocycles. The molecule has 1 aliphatic heterocycles. The van der Waals surface area contributed by atoms with Crippen LogP contribution in [0.25, 0.3) is 10.8 Å². The van der Waals surface area contributed by atoms with Crippen molar-refractivity contribution in [2.24, 2.45) is 0 Å². The second-order valence-electron chi connectivity index (χ2n) is 9.04. The number of rotatable bonds is 8. The molecule has 0 spiro atoms. The van der Waals surface area contributed by atoms with E-state index >= 15 is 0 Å². The average molecular weight is 600 g/mol. The van der Waals surface area contributed by atoms with Gasteiger partial charge in [0.1, 0.15) is 6.04 Å². The summed E-state index contributed by atoms with van der Waals surface area (Å²) in [7, 11) is 0. The molecule has 0 aliphatic carbocycles. The van der Waals surface area contributed by atoms with Crippen LogP contribution in [0.5, 0.6) is 0 Å². The number of hydrazine groups is 1. The van der Waals surface area contributed by atoms with Crippen LogP contribution < -0.4 is 15.8 Å². The van der Waals surface area contributed by atoms with E-state index in [1.54, 1.807) is 36.4 Å². The average Bonchev–Trinajstić information content (AvgIpc) is 3.26. The maximum Gasteiger partial charge on any atom is 0.338 e. The first-order valence-electron chi connectivity index (χ1n) is 12.3. The van der Waals surface area contributed by atoms with E-state index < -0.39 is 36.3 Å². The predicted molar refractivity (Wildman–Crippen MR) is 151 cm³/mol. The molecule has 1 heterocycles. The highest BCUT2D eigenvalue weighted by Crippen LogP contribution is 2.24. The van der Waals surface area contributed by atoms with Gasteiger partial charge in [-0.2, -0.15) is 0 Å². The molecule has 1 atom stereocenters. The number of nitrogens with zero attached hydrogens (tertiary/aromatic N) is 1. The Labute approximate surface area is 237 Å². The summed E-state index contributed by atoms with van der Waals surface area (Å²) in [6.45, 7) is -0.427. The van der Waals surface area contributed by atoms with Crippen LogP contribution >= 0.6 is 15.9 Å². The largest absolute Gasteiger partial charge is 0.454 e. The molecule has 5 rings (SSSR count). The summed E-state index contributed by atoms with van der Waals surface area (Å²) in [5.74, 6) is -2.51. The van der Waals surface area contributed by atoms with Crippen molar-refractivity contribution >= 4 is 61.9 Å². The van der Waals surface area contributed by atoms with Gasteiger partial charge in [0, 0.05) is 15.6 Å². The lowest BCUT2D eigenvalue weighted by molar-refractivity contribution is -0.121. The molecular formula is C30H22BrN3O6. The van der Waals surface area contributed by atoms with Gasteiger partial charge in [-0.1, -0.05) is 58.4 Å². The molecule has 0 aromatic heterocycles. The number of carbonyl (C=O) groups is 5. The van der Waals surface area contributed by atoms with E-state index in [4.69, 9.17) is 4.74 Å². The van der Waals surface area contributed by atoms with Crippen LogP contribution in [-0.2, 0) is 14.3 Å². The number of nitrogens with one attached hydrogen (secondary N) is 2. The molecule has 9 nitrogen and oxygen atoms in total.